The Balaban J connectivity index is 1.14. The van der Waals surface area contributed by atoms with Crippen LogP contribution in [-0.2, 0) is 22.6 Å². The molecule has 0 saturated carbocycles. The molecular formula is C33H32N6O5S. The molecule has 4 aromatic carbocycles. The van der Waals surface area contributed by atoms with E-state index in [-0.39, 0.29) is 30.6 Å². The van der Waals surface area contributed by atoms with Crippen LogP contribution in [0.5, 0.6) is 5.75 Å². The SMILES string of the molecule is O=C(NCc1ccccc1)Nc1ccc([C@H]2O[C@@H](CSc3nnnn3-c3ccc(O)cc3)C[C@@H](c3ccc(CO)cc3)O2)cc1. The number of aromatic nitrogens is 4. The van der Waals surface area contributed by atoms with Gasteiger partial charge in [-0.2, -0.15) is 4.68 Å². The highest BCUT2D eigenvalue weighted by Gasteiger charge is 2.32. The summed E-state index contributed by atoms with van der Waals surface area (Å²) in [5.41, 5.74) is 5.01. The third-order valence-corrected chi connectivity index (χ3v) is 8.34. The van der Waals surface area contributed by atoms with Gasteiger partial charge in [0.2, 0.25) is 5.16 Å². The van der Waals surface area contributed by atoms with E-state index in [1.54, 1.807) is 28.9 Å². The number of aliphatic hydroxyl groups is 1. The Kier molecular flexibility index (Phi) is 9.66. The fraction of sp³-hybridized carbons (Fsp3) is 0.212. The van der Waals surface area contributed by atoms with Crippen LogP contribution in [-0.4, -0.2) is 48.3 Å². The number of tetrazole rings is 1. The van der Waals surface area contributed by atoms with Gasteiger partial charge in [0.05, 0.1) is 24.5 Å². The summed E-state index contributed by atoms with van der Waals surface area (Å²) in [6.07, 6.45) is -0.510. The minimum Gasteiger partial charge on any atom is -0.508 e. The Labute approximate surface area is 264 Å². The lowest BCUT2D eigenvalue weighted by Gasteiger charge is -2.36. The fourth-order valence-electron chi connectivity index (χ4n) is 4.89. The average Bonchev–Trinajstić information content (AvgIpc) is 3.56. The number of carbonyl (C=O) groups excluding carboxylic acids is 1. The van der Waals surface area contributed by atoms with Crippen LogP contribution in [0.2, 0.25) is 0 Å². The molecule has 1 aliphatic rings. The van der Waals surface area contributed by atoms with Crippen molar-refractivity contribution in [2.75, 3.05) is 11.1 Å². The Morgan fingerprint density at radius 2 is 1.62 bits per heavy atom. The van der Waals surface area contributed by atoms with Crippen LogP contribution in [0.1, 0.15) is 41.1 Å². The molecule has 0 unspecified atom stereocenters. The Morgan fingerprint density at radius 3 is 2.36 bits per heavy atom. The molecule has 0 radical (unpaired) electrons. The monoisotopic (exact) mass is 624 g/mol. The zero-order valence-corrected chi connectivity index (χ0v) is 25.0. The second-order valence-electron chi connectivity index (χ2n) is 10.5. The lowest BCUT2D eigenvalue weighted by molar-refractivity contribution is -0.245. The van der Waals surface area contributed by atoms with E-state index in [0.29, 0.717) is 29.6 Å². The average molecular weight is 625 g/mol. The molecule has 1 aliphatic heterocycles. The molecule has 45 heavy (non-hydrogen) atoms. The molecule has 2 heterocycles. The quantitative estimate of drug-likeness (QED) is 0.148. The normalized spacial score (nSPS) is 17.9. The molecule has 4 N–H and O–H groups in total. The molecule has 0 bridgehead atoms. The maximum atomic E-state index is 12.4. The number of aromatic hydroxyl groups is 1. The lowest BCUT2D eigenvalue weighted by Crippen LogP contribution is -2.31. The predicted octanol–water partition coefficient (Wildman–Crippen LogP) is 5.52. The van der Waals surface area contributed by atoms with Gasteiger partial charge in [0.1, 0.15) is 5.75 Å². The number of benzene rings is 4. The number of hydrogen-bond donors (Lipinski definition) is 4. The van der Waals surface area contributed by atoms with Crippen molar-refractivity contribution < 1.29 is 24.5 Å². The van der Waals surface area contributed by atoms with Crippen LogP contribution < -0.4 is 10.6 Å². The van der Waals surface area contributed by atoms with Crippen molar-refractivity contribution in [1.29, 1.82) is 0 Å². The summed E-state index contributed by atoms with van der Waals surface area (Å²) in [6, 6.07) is 31.2. The summed E-state index contributed by atoms with van der Waals surface area (Å²) in [4.78, 5) is 12.4. The number of urea groups is 1. The van der Waals surface area contributed by atoms with Crippen molar-refractivity contribution in [3.8, 4) is 11.4 Å². The van der Waals surface area contributed by atoms with E-state index in [2.05, 4.69) is 26.2 Å². The number of phenolic OH excluding ortho intramolecular Hbond substituents is 1. The van der Waals surface area contributed by atoms with Crippen LogP contribution in [0.15, 0.2) is 108 Å². The van der Waals surface area contributed by atoms with Crippen LogP contribution in [0.25, 0.3) is 5.69 Å². The van der Waals surface area contributed by atoms with Gasteiger partial charge in [0.15, 0.2) is 6.29 Å². The van der Waals surface area contributed by atoms with Crippen LogP contribution >= 0.6 is 11.8 Å². The second-order valence-corrected chi connectivity index (χ2v) is 11.5. The molecule has 3 atom stereocenters. The summed E-state index contributed by atoms with van der Waals surface area (Å²) >= 11 is 1.47. The number of nitrogens with one attached hydrogen (secondary N) is 2. The van der Waals surface area contributed by atoms with Gasteiger partial charge < -0.3 is 30.3 Å². The van der Waals surface area contributed by atoms with Gasteiger partial charge in [-0.1, -0.05) is 78.5 Å². The van der Waals surface area contributed by atoms with Crippen molar-refractivity contribution in [1.82, 2.24) is 25.5 Å². The van der Waals surface area contributed by atoms with Gasteiger partial charge in [-0.05, 0) is 63.5 Å². The van der Waals surface area contributed by atoms with Gasteiger partial charge in [0.25, 0.3) is 0 Å². The van der Waals surface area contributed by atoms with Gasteiger partial charge in [-0.15, -0.1) is 5.10 Å². The van der Waals surface area contributed by atoms with E-state index in [1.807, 2.05) is 78.9 Å². The van der Waals surface area contributed by atoms with Crippen LogP contribution in [0.3, 0.4) is 0 Å². The van der Waals surface area contributed by atoms with Gasteiger partial charge in [0, 0.05) is 30.0 Å². The minimum atomic E-state index is -0.652. The first-order chi connectivity index (χ1) is 22.0. The molecule has 2 amide bonds. The lowest BCUT2D eigenvalue weighted by atomic mass is 10.0. The Hall–Kier alpha value is -4.75. The molecule has 0 spiro atoms. The summed E-state index contributed by atoms with van der Waals surface area (Å²) in [5, 5.41) is 37.6. The molecule has 5 aromatic rings. The summed E-state index contributed by atoms with van der Waals surface area (Å²) < 4.78 is 14.5. The minimum absolute atomic E-state index is 0.0305. The molecule has 12 heteroatoms. The standard InChI is InChI=1S/C33H32N6O5S/c40-20-23-6-8-24(9-7-23)30-18-29(21-45-33-36-37-38-39(33)27-14-16-28(41)17-15-27)43-31(44-30)25-10-12-26(13-11-25)35-32(42)34-19-22-4-2-1-3-5-22/h1-17,29-31,40-41H,18-21H2,(H2,34,35,42)/t29-,30+,31+/m1/s1. The molecule has 11 nitrogen and oxygen atoms in total. The van der Waals surface area contributed by atoms with Crippen molar-refractivity contribution in [3.05, 3.63) is 125 Å². The zero-order chi connectivity index (χ0) is 31.0. The van der Waals surface area contributed by atoms with Crippen LogP contribution in [0, 0.1) is 0 Å². The number of rotatable bonds is 10. The molecule has 6 rings (SSSR count). The highest BCUT2D eigenvalue weighted by molar-refractivity contribution is 7.99. The Bertz CT molecular complexity index is 1680. The van der Waals surface area contributed by atoms with Crippen molar-refractivity contribution in [2.45, 2.75) is 43.2 Å². The number of ether oxygens (including phenoxy) is 2. The summed E-state index contributed by atoms with van der Waals surface area (Å²) in [6.45, 7) is 0.396. The first-order valence-corrected chi connectivity index (χ1v) is 15.4. The number of thioether (sulfide) groups is 1. The van der Waals surface area contributed by atoms with Crippen molar-refractivity contribution in [2.24, 2.45) is 0 Å². The van der Waals surface area contributed by atoms with E-state index < -0.39 is 6.29 Å². The third-order valence-electron chi connectivity index (χ3n) is 7.29. The molecular weight excluding hydrogens is 592 g/mol. The zero-order valence-electron chi connectivity index (χ0n) is 24.2. The first-order valence-electron chi connectivity index (χ1n) is 14.4. The number of nitrogens with zero attached hydrogens (tertiary/aromatic N) is 4. The third kappa shape index (κ3) is 7.86. The number of aliphatic hydroxyl groups excluding tert-OH is 1. The number of hydrogen-bond acceptors (Lipinski definition) is 9. The van der Waals surface area contributed by atoms with E-state index >= 15 is 0 Å². The fourth-order valence-corrected chi connectivity index (χ4v) is 5.80. The number of amides is 2. The van der Waals surface area contributed by atoms with E-state index in [0.717, 1.165) is 27.9 Å². The maximum absolute atomic E-state index is 12.4. The van der Waals surface area contributed by atoms with E-state index in [4.69, 9.17) is 9.47 Å². The highest BCUT2D eigenvalue weighted by atomic mass is 32.2. The van der Waals surface area contributed by atoms with E-state index in [1.165, 1.54) is 11.8 Å². The highest BCUT2D eigenvalue weighted by Crippen LogP contribution is 2.39. The van der Waals surface area contributed by atoms with Crippen molar-refractivity contribution >= 4 is 23.5 Å². The van der Waals surface area contributed by atoms with Gasteiger partial charge >= 0.3 is 6.03 Å². The topological polar surface area (TPSA) is 144 Å². The Morgan fingerprint density at radius 1 is 0.889 bits per heavy atom. The van der Waals surface area contributed by atoms with Gasteiger partial charge in [-0.25, -0.2) is 4.79 Å². The molecule has 1 aromatic heterocycles. The largest absolute Gasteiger partial charge is 0.508 e. The number of phenols is 1. The van der Waals surface area contributed by atoms with Crippen molar-refractivity contribution in [3.63, 3.8) is 0 Å². The maximum Gasteiger partial charge on any atom is 0.319 e. The molecule has 0 aliphatic carbocycles. The first kappa shape index (κ1) is 30.3. The van der Waals surface area contributed by atoms with Gasteiger partial charge in [-0.3, -0.25) is 0 Å². The predicted molar refractivity (Wildman–Crippen MR) is 169 cm³/mol. The number of anilines is 1. The smallest absolute Gasteiger partial charge is 0.319 e. The molecule has 1 fully saturated rings. The second kappa shape index (κ2) is 14.4. The van der Waals surface area contributed by atoms with Crippen LogP contribution in [0.4, 0.5) is 10.5 Å². The van der Waals surface area contributed by atoms with E-state index in [9.17, 15) is 15.0 Å². The summed E-state index contributed by atoms with van der Waals surface area (Å²) in [7, 11) is 0. The number of carbonyl (C=O) groups is 1. The summed E-state index contributed by atoms with van der Waals surface area (Å²) in [5.74, 6) is 0.723. The molecule has 230 valence electrons. The molecule has 1 saturated heterocycles.